The van der Waals surface area contributed by atoms with Gasteiger partial charge >= 0.3 is 0 Å². The lowest BCUT2D eigenvalue weighted by molar-refractivity contribution is 0.0888. The van der Waals surface area contributed by atoms with Crippen LogP contribution in [0.5, 0.6) is 5.75 Å². The first-order valence-corrected chi connectivity index (χ1v) is 7.99. The molecule has 0 unspecified atom stereocenters. The Kier molecular flexibility index (Phi) is 3.95. The van der Waals surface area contributed by atoms with Gasteiger partial charge in [-0.2, -0.15) is 0 Å². The van der Waals surface area contributed by atoms with E-state index in [0.29, 0.717) is 35.3 Å². The molecule has 1 aliphatic rings. The Morgan fingerprint density at radius 3 is 2.71 bits per heavy atom. The number of furan rings is 1. The number of amides is 1. The summed E-state index contributed by atoms with van der Waals surface area (Å²) < 4.78 is 5.73. The van der Waals surface area contributed by atoms with Gasteiger partial charge < -0.3 is 14.8 Å². The van der Waals surface area contributed by atoms with Crippen molar-refractivity contribution in [2.75, 3.05) is 0 Å². The number of rotatable bonds is 3. The minimum Gasteiger partial charge on any atom is -0.508 e. The number of carbonyl (C=O) groups excluding carboxylic acids is 2. The summed E-state index contributed by atoms with van der Waals surface area (Å²) in [5.74, 6) is 0.561. The molecule has 5 nitrogen and oxygen atoms in total. The second-order valence-electron chi connectivity index (χ2n) is 7.11. The molecule has 3 rings (SSSR count). The summed E-state index contributed by atoms with van der Waals surface area (Å²) in [7, 11) is 0. The van der Waals surface area contributed by atoms with E-state index in [1.165, 1.54) is 0 Å². The van der Waals surface area contributed by atoms with Crippen molar-refractivity contribution in [2.45, 2.75) is 40.2 Å². The molecule has 126 valence electrons. The number of carbonyl (C=O) groups is 2. The van der Waals surface area contributed by atoms with Gasteiger partial charge in [-0.05, 0) is 18.4 Å². The lowest BCUT2D eigenvalue weighted by Crippen LogP contribution is -2.26. The predicted molar refractivity (Wildman–Crippen MR) is 89.2 cm³/mol. The van der Waals surface area contributed by atoms with Crippen LogP contribution in [0.3, 0.4) is 0 Å². The third-order valence-electron chi connectivity index (χ3n) is 4.41. The minimum absolute atomic E-state index is 0.0299. The number of fused-ring (bicyclic) bond motifs is 1. The molecular formula is C19H21NO4. The van der Waals surface area contributed by atoms with Crippen molar-refractivity contribution in [1.29, 1.82) is 0 Å². The van der Waals surface area contributed by atoms with Crippen molar-refractivity contribution in [3.05, 3.63) is 52.5 Å². The quantitative estimate of drug-likeness (QED) is 0.906. The normalized spacial score (nSPS) is 15.9. The van der Waals surface area contributed by atoms with Gasteiger partial charge in [0.15, 0.2) is 11.5 Å². The van der Waals surface area contributed by atoms with E-state index in [1.54, 1.807) is 31.2 Å². The zero-order valence-corrected chi connectivity index (χ0v) is 14.1. The zero-order valence-electron chi connectivity index (χ0n) is 14.1. The Balaban J connectivity index is 1.82. The van der Waals surface area contributed by atoms with E-state index < -0.39 is 0 Å². The van der Waals surface area contributed by atoms with Crippen LogP contribution in [-0.2, 0) is 13.0 Å². The highest BCUT2D eigenvalue weighted by Gasteiger charge is 2.36. The average molecular weight is 327 g/mol. The number of hydrogen-bond acceptors (Lipinski definition) is 4. The molecule has 1 aliphatic carbocycles. The Morgan fingerprint density at radius 1 is 1.29 bits per heavy atom. The molecule has 0 saturated heterocycles. The van der Waals surface area contributed by atoms with Gasteiger partial charge in [0, 0.05) is 30.5 Å². The first-order valence-electron chi connectivity index (χ1n) is 7.99. The highest BCUT2D eigenvalue weighted by molar-refractivity contribution is 6.03. The molecule has 1 amide bonds. The van der Waals surface area contributed by atoms with Crippen LogP contribution in [0.4, 0.5) is 0 Å². The topological polar surface area (TPSA) is 79.5 Å². The molecule has 1 heterocycles. The number of benzene rings is 1. The van der Waals surface area contributed by atoms with Gasteiger partial charge in [0.2, 0.25) is 0 Å². The maximum atomic E-state index is 12.4. The standard InChI is InChI=1S/C19H21NO4/c1-11-16-14(22)8-19(2,3)9-15(16)24-17(11)18(23)20-10-12-6-4-5-7-13(12)21/h4-7,21H,8-10H2,1-3H3,(H,20,23). The number of Topliss-reactive ketones (excluding diaryl/α,β-unsaturated/α-hetero) is 1. The number of aromatic hydroxyl groups is 1. The number of hydrogen-bond donors (Lipinski definition) is 2. The van der Waals surface area contributed by atoms with E-state index in [9.17, 15) is 14.7 Å². The fourth-order valence-electron chi connectivity index (χ4n) is 3.22. The number of ketones is 1. The van der Waals surface area contributed by atoms with Crippen molar-refractivity contribution in [2.24, 2.45) is 5.41 Å². The summed E-state index contributed by atoms with van der Waals surface area (Å²) in [5, 5.41) is 12.5. The highest BCUT2D eigenvalue weighted by Crippen LogP contribution is 2.38. The fourth-order valence-corrected chi connectivity index (χ4v) is 3.22. The molecule has 0 fully saturated rings. The summed E-state index contributed by atoms with van der Waals surface area (Å²) >= 11 is 0. The Morgan fingerprint density at radius 2 is 2.00 bits per heavy atom. The van der Waals surface area contributed by atoms with Gasteiger partial charge in [-0.3, -0.25) is 9.59 Å². The van der Waals surface area contributed by atoms with Crippen LogP contribution < -0.4 is 5.32 Å². The van der Waals surface area contributed by atoms with E-state index in [0.717, 1.165) is 0 Å². The third kappa shape index (κ3) is 2.94. The summed E-state index contributed by atoms with van der Waals surface area (Å²) in [5.41, 5.74) is 1.62. The molecule has 1 aromatic heterocycles. The number of nitrogens with one attached hydrogen (secondary N) is 1. The summed E-state index contributed by atoms with van der Waals surface area (Å²) in [6.07, 6.45) is 1.10. The number of phenols is 1. The Labute approximate surface area is 140 Å². The smallest absolute Gasteiger partial charge is 0.287 e. The van der Waals surface area contributed by atoms with Gasteiger partial charge in [-0.25, -0.2) is 0 Å². The van der Waals surface area contributed by atoms with Gasteiger partial charge in [0.25, 0.3) is 5.91 Å². The number of phenolic OH excluding ortho intramolecular Hbond substituents is 1. The minimum atomic E-state index is -0.379. The highest BCUT2D eigenvalue weighted by atomic mass is 16.4. The van der Waals surface area contributed by atoms with Crippen LogP contribution in [-0.4, -0.2) is 16.8 Å². The first kappa shape index (κ1) is 16.3. The molecule has 24 heavy (non-hydrogen) atoms. The maximum Gasteiger partial charge on any atom is 0.287 e. The molecule has 2 aromatic rings. The third-order valence-corrected chi connectivity index (χ3v) is 4.41. The molecule has 0 bridgehead atoms. The van der Waals surface area contributed by atoms with Gasteiger partial charge in [0.1, 0.15) is 11.5 Å². The summed E-state index contributed by atoms with van der Waals surface area (Å²) in [6.45, 7) is 5.97. The Bertz CT molecular complexity index is 817. The summed E-state index contributed by atoms with van der Waals surface area (Å²) in [4.78, 5) is 24.8. The van der Waals surface area contributed by atoms with Crippen LogP contribution in [0.1, 0.15) is 58.1 Å². The molecule has 1 aromatic carbocycles. The molecule has 0 spiro atoms. The Hall–Kier alpha value is -2.56. The fraction of sp³-hybridized carbons (Fsp3) is 0.368. The van der Waals surface area contributed by atoms with Crippen molar-refractivity contribution >= 4 is 11.7 Å². The van der Waals surface area contributed by atoms with Crippen LogP contribution in [0.2, 0.25) is 0 Å². The predicted octanol–water partition coefficient (Wildman–Crippen LogP) is 3.38. The lowest BCUT2D eigenvalue weighted by atomic mass is 9.76. The first-order chi connectivity index (χ1) is 11.3. The molecular weight excluding hydrogens is 306 g/mol. The second kappa shape index (κ2) is 5.82. The van der Waals surface area contributed by atoms with E-state index >= 15 is 0 Å². The zero-order chi connectivity index (χ0) is 17.5. The van der Waals surface area contributed by atoms with Crippen molar-refractivity contribution < 1.29 is 19.1 Å². The average Bonchev–Trinajstić information content (AvgIpc) is 2.81. The summed E-state index contributed by atoms with van der Waals surface area (Å²) in [6, 6.07) is 6.82. The van der Waals surface area contributed by atoms with E-state index in [2.05, 4.69) is 5.32 Å². The molecule has 0 radical (unpaired) electrons. The van der Waals surface area contributed by atoms with Crippen LogP contribution in [0.25, 0.3) is 0 Å². The van der Waals surface area contributed by atoms with Gasteiger partial charge in [0.05, 0.1) is 5.56 Å². The van der Waals surface area contributed by atoms with Crippen LogP contribution in [0, 0.1) is 12.3 Å². The molecule has 0 saturated carbocycles. The van der Waals surface area contributed by atoms with E-state index in [1.807, 2.05) is 13.8 Å². The van der Waals surface area contributed by atoms with E-state index in [-0.39, 0.29) is 35.2 Å². The van der Waals surface area contributed by atoms with Gasteiger partial charge in [-0.1, -0.05) is 32.0 Å². The molecule has 2 N–H and O–H groups in total. The van der Waals surface area contributed by atoms with Crippen molar-refractivity contribution in [3.8, 4) is 5.75 Å². The van der Waals surface area contributed by atoms with Gasteiger partial charge in [-0.15, -0.1) is 0 Å². The maximum absolute atomic E-state index is 12.4. The molecule has 5 heteroatoms. The van der Waals surface area contributed by atoms with Crippen LogP contribution in [0.15, 0.2) is 28.7 Å². The van der Waals surface area contributed by atoms with Crippen molar-refractivity contribution in [1.82, 2.24) is 5.32 Å². The molecule has 0 atom stereocenters. The lowest BCUT2D eigenvalue weighted by Gasteiger charge is -2.27. The number of para-hydroxylation sites is 1. The van der Waals surface area contributed by atoms with Crippen molar-refractivity contribution in [3.63, 3.8) is 0 Å². The largest absolute Gasteiger partial charge is 0.508 e. The molecule has 0 aliphatic heterocycles. The second-order valence-corrected chi connectivity index (χ2v) is 7.11. The SMILES string of the molecule is Cc1c(C(=O)NCc2ccccc2O)oc2c1C(=O)CC(C)(C)C2. The van der Waals surface area contributed by atoms with Crippen LogP contribution >= 0.6 is 0 Å². The van der Waals surface area contributed by atoms with E-state index in [4.69, 9.17) is 4.42 Å². The monoisotopic (exact) mass is 327 g/mol.